The van der Waals surface area contributed by atoms with Crippen LogP contribution >= 0.6 is 0 Å². The number of para-hydroxylation sites is 6. The van der Waals surface area contributed by atoms with E-state index in [1.807, 2.05) is 12.1 Å². The van der Waals surface area contributed by atoms with E-state index < -0.39 is 0 Å². The molecule has 5 heteroatoms. The van der Waals surface area contributed by atoms with Crippen molar-refractivity contribution in [1.29, 1.82) is 0 Å². The van der Waals surface area contributed by atoms with Crippen LogP contribution in [0.5, 0.6) is 0 Å². The van der Waals surface area contributed by atoms with Gasteiger partial charge < -0.3 is 22.7 Å². The van der Waals surface area contributed by atoms with Crippen LogP contribution in [0.4, 0.5) is 0 Å². The molecule has 0 radical (unpaired) electrons. The molecule has 302 valence electrons. The Balaban J connectivity index is 0.992. The number of rotatable bonds is 4. The molecule has 5 heterocycles. The van der Waals surface area contributed by atoms with Gasteiger partial charge in [-0.2, -0.15) is 0 Å². The van der Waals surface area contributed by atoms with Crippen LogP contribution in [0, 0.1) is 0 Å². The average Bonchev–Trinajstić information content (AvgIpc) is 4.16. The van der Waals surface area contributed by atoms with Crippen molar-refractivity contribution in [3.05, 3.63) is 218 Å². The highest BCUT2D eigenvalue weighted by Crippen LogP contribution is 2.42. The predicted molar refractivity (Wildman–Crippen MR) is 271 cm³/mol. The van der Waals surface area contributed by atoms with E-state index in [9.17, 15) is 0 Å². The van der Waals surface area contributed by atoms with E-state index in [2.05, 4.69) is 225 Å². The summed E-state index contributed by atoms with van der Waals surface area (Å²) in [6.45, 7) is 0. The maximum atomic E-state index is 6.30. The van der Waals surface area contributed by atoms with Gasteiger partial charge in [-0.25, -0.2) is 0 Å². The second-order valence-electron chi connectivity index (χ2n) is 17.3. The molecule has 0 aliphatic rings. The first-order valence-corrected chi connectivity index (χ1v) is 22.3. The monoisotopic (exact) mass is 828 g/mol. The van der Waals surface area contributed by atoms with Gasteiger partial charge in [0.15, 0.2) is 0 Å². The Morgan fingerprint density at radius 1 is 0.200 bits per heavy atom. The molecule has 0 bridgehead atoms. The van der Waals surface area contributed by atoms with Gasteiger partial charge in [0, 0.05) is 76.6 Å². The minimum atomic E-state index is 0.888. The smallest absolute Gasteiger partial charge is 0.135 e. The first-order valence-electron chi connectivity index (χ1n) is 22.3. The number of fused-ring (bicyclic) bond motifs is 15. The number of nitrogens with zero attached hydrogens (tertiary/aromatic N) is 4. The zero-order valence-electron chi connectivity index (χ0n) is 35.0. The maximum Gasteiger partial charge on any atom is 0.135 e. The van der Waals surface area contributed by atoms with Gasteiger partial charge in [0.1, 0.15) is 11.2 Å². The molecule has 5 nitrogen and oxygen atoms in total. The van der Waals surface area contributed by atoms with Crippen molar-refractivity contribution in [3.63, 3.8) is 0 Å². The van der Waals surface area contributed by atoms with Crippen molar-refractivity contribution in [3.8, 4) is 22.7 Å². The third kappa shape index (κ3) is 4.76. The van der Waals surface area contributed by atoms with Gasteiger partial charge in [0.05, 0.1) is 44.1 Å². The van der Waals surface area contributed by atoms with Gasteiger partial charge >= 0.3 is 0 Å². The van der Waals surface area contributed by atoms with Crippen molar-refractivity contribution in [2.75, 3.05) is 0 Å². The first kappa shape index (κ1) is 34.7. The Kier molecular flexibility index (Phi) is 6.89. The molecule has 0 unspecified atom stereocenters. The lowest BCUT2D eigenvalue weighted by molar-refractivity contribution is 0.669. The summed E-state index contributed by atoms with van der Waals surface area (Å²) < 4.78 is 16.0. The summed E-state index contributed by atoms with van der Waals surface area (Å²) in [7, 11) is 0. The fraction of sp³-hybridized carbons (Fsp3) is 0. The van der Waals surface area contributed by atoms with Gasteiger partial charge in [-0.3, -0.25) is 0 Å². The molecule has 0 fully saturated rings. The van der Waals surface area contributed by atoms with Crippen LogP contribution < -0.4 is 0 Å². The standard InChI is InChI=1S/C60H36N4O/c1-7-19-51-41(13-1)42-14-2-8-20-52(42)61(51)37-25-29-56-47(33-37)45-17-5-11-23-55(45)63(56)39-27-31-58-49(35-39)48-34-38(62-53-21-9-3-15-43(53)44-16-4-10-22-54(44)62)26-30-57(48)64(58)40-28-32-60-50(36-40)46-18-6-12-24-59(46)65-60/h1-36H. The van der Waals surface area contributed by atoms with E-state index >= 15 is 0 Å². The Bertz CT molecular complexity index is 4380. The lowest BCUT2D eigenvalue weighted by Gasteiger charge is -2.11. The lowest BCUT2D eigenvalue weighted by atomic mass is 10.1. The fourth-order valence-corrected chi connectivity index (χ4v) is 11.2. The molecule has 15 aromatic rings. The molecule has 0 saturated carbocycles. The Labute approximate surface area is 371 Å². The zero-order chi connectivity index (χ0) is 42.3. The molecule has 0 amide bonds. The van der Waals surface area contributed by atoms with Crippen molar-refractivity contribution in [2.24, 2.45) is 0 Å². The number of hydrogen-bond acceptors (Lipinski definition) is 1. The van der Waals surface area contributed by atoms with Crippen molar-refractivity contribution < 1.29 is 4.42 Å². The van der Waals surface area contributed by atoms with E-state index in [0.29, 0.717) is 0 Å². The third-order valence-electron chi connectivity index (χ3n) is 13.9. The topological polar surface area (TPSA) is 32.9 Å². The van der Waals surface area contributed by atoms with E-state index in [-0.39, 0.29) is 0 Å². The van der Waals surface area contributed by atoms with Crippen LogP contribution in [-0.4, -0.2) is 18.3 Å². The predicted octanol–water partition coefficient (Wildman–Crippen LogP) is 16.0. The Hall–Kier alpha value is -8.80. The lowest BCUT2D eigenvalue weighted by Crippen LogP contribution is -1.97. The molecule has 5 aromatic heterocycles. The summed E-state index contributed by atoms with van der Waals surface area (Å²) >= 11 is 0. The molecule has 0 spiro atoms. The molecule has 0 atom stereocenters. The highest BCUT2D eigenvalue weighted by atomic mass is 16.3. The maximum absolute atomic E-state index is 6.30. The second-order valence-corrected chi connectivity index (χ2v) is 17.3. The van der Waals surface area contributed by atoms with Gasteiger partial charge in [-0.15, -0.1) is 0 Å². The Morgan fingerprint density at radius 2 is 0.462 bits per heavy atom. The van der Waals surface area contributed by atoms with Crippen LogP contribution in [0.2, 0.25) is 0 Å². The molecular weight excluding hydrogens is 793 g/mol. The molecule has 0 N–H and O–H groups in total. The molecule has 0 saturated heterocycles. The van der Waals surface area contributed by atoms with E-state index in [4.69, 9.17) is 4.42 Å². The molecule has 15 rings (SSSR count). The summed E-state index contributed by atoms with van der Waals surface area (Å²) in [5.74, 6) is 0. The molecule has 10 aromatic carbocycles. The Morgan fingerprint density at radius 3 is 0.862 bits per heavy atom. The van der Waals surface area contributed by atoms with Crippen molar-refractivity contribution in [1.82, 2.24) is 18.3 Å². The van der Waals surface area contributed by atoms with E-state index in [0.717, 1.165) is 55.7 Å². The summed E-state index contributed by atoms with van der Waals surface area (Å²) in [6, 6.07) is 79.7. The van der Waals surface area contributed by atoms with Crippen molar-refractivity contribution in [2.45, 2.75) is 0 Å². The largest absolute Gasteiger partial charge is 0.456 e. The SMILES string of the molecule is c1ccc2c(c1)oc1ccc(-n3c4ccc(-n5c6ccccc6c6ccccc65)cc4c4cc(-n5c6ccccc6c6cc(-n7c8ccccc8c8ccccc87)ccc65)ccc43)cc12. The van der Waals surface area contributed by atoms with Gasteiger partial charge in [-0.05, 0) is 109 Å². The number of furan rings is 1. The quantitative estimate of drug-likeness (QED) is 0.174. The van der Waals surface area contributed by atoms with Gasteiger partial charge in [0.25, 0.3) is 0 Å². The summed E-state index contributed by atoms with van der Waals surface area (Å²) in [6.07, 6.45) is 0. The van der Waals surface area contributed by atoms with Crippen LogP contribution in [0.3, 0.4) is 0 Å². The fourth-order valence-electron chi connectivity index (χ4n) is 11.2. The van der Waals surface area contributed by atoms with E-state index in [1.165, 1.54) is 76.2 Å². The zero-order valence-corrected chi connectivity index (χ0v) is 35.0. The van der Waals surface area contributed by atoms with Crippen LogP contribution in [0.1, 0.15) is 0 Å². The van der Waals surface area contributed by atoms with Gasteiger partial charge in [-0.1, -0.05) is 109 Å². The normalized spacial score (nSPS) is 12.3. The summed E-state index contributed by atoms with van der Waals surface area (Å²) in [5.41, 5.74) is 15.7. The first-order chi connectivity index (χ1) is 32.2. The molecule has 0 aliphatic heterocycles. The average molecular weight is 829 g/mol. The summed E-state index contributed by atoms with van der Waals surface area (Å²) in [4.78, 5) is 0. The van der Waals surface area contributed by atoms with Crippen molar-refractivity contribution >= 4 is 109 Å². The molecule has 65 heavy (non-hydrogen) atoms. The number of hydrogen-bond donors (Lipinski definition) is 0. The highest BCUT2D eigenvalue weighted by Gasteiger charge is 2.21. The number of aromatic nitrogens is 4. The van der Waals surface area contributed by atoms with Crippen LogP contribution in [0.25, 0.3) is 132 Å². The highest BCUT2D eigenvalue weighted by molar-refractivity contribution is 6.15. The van der Waals surface area contributed by atoms with Crippen LogP contribution in [-0.2, 0) is 0 Å². The second kappa shape index (κ2) is 12.9. The number of benzene rings is 10. The van der Waals surface area contributed by atoms with E-state index in [1.54, 1.807) is 0 Å². The minimum Gasteiger partial charge on any atom is -0.456 e. The van der Waals surface area contributed by atoms with Crippen LogP contribution in [0.15, 0.2) is 223 Å². The molecular formula is C60H36N4O. The molecule has 0 aliphatic carbocycles. The van der Waals surface area contributed by atoms with Gasteiger partial charge in [0.2, 0.25) is 0 Å². The third-order valence-corrected chi connectivity index (χ3v) is 13.9. The summed E-state index contributed by atoms with van der Waals surface area (Å²) in [5, 5.41) is 12.1. The minimum absolute atomic E-state index is 0.888.